The van der Waals surface area contributed by atoms with Crippen molar-refractivity contribution in [3.63, 3.8) is 0 Å². The third-order valence-electron chi connectivity index (χ3n) is 4.68. The molecule has 0 bridgehead atoms. The second-order valence-electron chi connectivity index (χ2n) is 7.17. The number of hydrogen-bond donors (Lipinski definition) is 2. The molecule has 0 aliphatic rings. The van der Waals surface area contributed by atoms with Gasteiger partial charge in [-0.15, -0.1) is 10.2 Å². The summed E-state index contributed by atoms with van der Waals surface area (Å²) in [5, 5.41) is 8.91. The molecule has 0 fully saturated rings. The highest BCUT2D eigenvalue weighted by molar-refractivity contribution is 7.99. The molecule has 178 valence electrons. The minimum atomic E-state index is -0.667. The fourth-order valence-corrected chi connectivity index (χ4v) is 3.76. The lowest BCUT2D eigenvalue weighted by Gasteiger charge is -2.10. The number of furan rings is 1. The zero-order valence-corrected chi connectivity index (χ0v) is 19.2. The zero-order valence-electron chi connectivity index (χ0n) is 18.4. The molecule has 0 saturated heterocycles. The number of nitrogens with zero attached hydrogens (tertiary/aromatic N) is 3. The first-order chi connectivity index (χ1) is 17.1. The molecule has 10 nitrogen and oxygen atoms in total. The van der Waals surface area contributed by atoms with Crippen molar-refractivity contribution in [2.24, 2.45) is 0 Å². The Balaban J connectivity index is 1.30. The number of ether oxygens (including phenoxy) is 1. The van der Waals surface area contributed by atoms with E-state index in [2.05, 4.69) is 21.0 Å². The van der Waals surface area contributed by atoms with E-state index in [-0.39, 0.29) is 5.75 Å². The number of amides is 2. The topological polar surface area (TPSA) is 128 Å². The first kappa shape index (κ1) is 23.8. The van der Waals surface area contributed by atoms with Gasteiger partial charge < -0.3 is 9.15 Å². The molecular formula is C24H21N5O5S. The molecule has 0 unspecified atom stereocenters. The van der Waals surface area contributed by atoms with Crippen LogP contribution >= 0.6 is 11.8 Å². The Hall–Kier alpha value is -4.38. The van der Waals surface area contributed by atoms with Gasteiger partial charge in [-0.1, -0.05) is 60.3 Å². The molecular weight excluding hydrogens is 470 g/mol. The third-order valence-corrected chi connectivity index (χ3v) is 5.62. The van der Waals surface area contributed by atoms with Gasteiger partial charge in [-0.25, -0.2) is 0 Å². The molecule has 11 heteroatoms. The van der Waals surface area contributed by atoms with Gasteiger partial charge in [0, 0.05) is 5.56 Å². The SMILES string of the molecule is O=C(COC(=O)CSc1nnc(-c2ccco2)n1Cc1ccccc1)NNC(=O)c1ccccc1. The molecule has 2 aromatic heterocycles. The van der Waals surface area contributed by atoms with E-state index < -0.39 is 24.4 Å². The number of thioether (sulfide) groups is 1. The van der Waals surface area contributed by atoms with Crippen LogP contribution in [0.4, 0.5) is 0 Å². The van der Waals surface area contributed by atoms with E-state index in [9.17, 15) is 14.4 Å². The fourth-order valence-electron chi connectivity index (χ4n) is 3.03. The fraction of sp³-hybridized carbons (Fsp3) is 0.125. The molecule has 4 aromatic rings. The van der Waals surface area contributed by atoms with Crippen molar-refractivity contribution in [2.75, 3.05) is 12.4 Å². The van der Waals surface area contributed by atoms with Crippen LogP contribution in [-0.4, -0.2) is 44.9 Å². The van der Waals surface area contributed by atoms with Gasteiger partial charge in [0.25, 0.3) is 11.8 Å². The maximum absolute atomic E-state index is 12.2. The van der Waals surface area contributed by atoms with Crippen molar-refractivity contribution in [3.8, 4) is 11.6 Å². The molecule has 35 heavy (non-hydrogen) atoms. The highest BCUT2D eigenvalue weighted by Crippen LogP contribution is 2.25. The van der Waals surface area contributed by atoms with Crippen molar-refractivity contribution >= 4 is 29.5 Å². The number of aromatic nitrogens is 3. The summed E-state index contributed by atoms with van der Waals surface area (Å²) >= 11 is 1.13. The Morgan fingerprint density at radius 1 is 0.914 bits per heavy atom. The van der Waals surface area contributed by atoms with Crippen LogP contribution in [0.1, 0.15) is 15.9 Å². The lowest BCUT2D eigenvalue weighted by atomic mass is 10.2. The molecule has 0 aliphatic carbocycles. The predicted molar refractivity (Wildman–Crippen MR) is 127 cm³/mol. The summed E-state index contributed by atoms with van der Waals surface area (Å²) in [6, 6.07) is 21.7. The van der Waals surface area contributed by atoms with Gasteiger partial charge >= 0.3 is 5.97 Å². The summed E-state index contributed by atoms with van der Waals surface area (Å²) in [4.78, 5) is 36.0. The molecule has 0 aliphatic heterocycles. The van der Waals surface area contributed by atoms with Crippen LogP contribution in [0.15, 0.2) is 88.6 Å². The average Bonchev–Trinajstić information content (AvgIpc) is 3.56. The van der Waals surface area contributed by atoms with Crippen LogP contribution in [-0.2, 0) is 20.9 Å². The lowest BCUT2D eigenvalue weighted by Crippen LogP contribution is -2.43. The number of hydrazine groups is 1. The van der Waals surface area contributed by atoms with Gasteiger partial charge in [0.15, 0.2) is 17.5 Å². The number of nitrogens with one attached hydrogen (secondary N) is 2. The second-order valence-corrected chi connectivity index (χ2v) is 8.12. The van der Waals surface area contributed by atoms with Crippen molar-refractivity contribution in [1.29, 1.82) is 0 Å². The minimum absolute atomic E-state index is 0.0886. The van der Waals surface area contributed by atoms with E-state index in [1.165, 1.54) is 0 Å². The molecule has 4 rings (SSSR count). The monoisotopic (exact) mass is 491 g/mol. The number of benzene rings is 2. The molecule has 2 amide bonds. The first-order valence-electron chi connectivity index (χ1n) is 10.5. The Bertz CT molecular complexity index is 1280. The number of hydrogen-bond acceptors (Lipinski definition) is 8. The van der Waals surface area contributed by atoms with E-state index in [1.807, 2.05) is 34.9 Å². The standard InChI is InChI=1S/C24H21N5O5S/c30-20(25-27-23(32)18-10-5-2-6-11-18)15-34-21(31)16-35-24-28-26-22(19-12-7-13-33-19)29(24)14-17-8-3-1-4-9-17/h1-13H,14-16H2,(H,25,30)(H,27,32). The predicted octanol–water partition coefficient (Wildman–Crippen LogP) is 2.68. The number of carbonyl (C=O) groups is 3. The number of rotatable bonds is 9. The summed E-state index contributed by atoms with van der Waals surface area (Å²) in [5.41, 5.74) is 5.88. The summed E-state index contributed by atoms with van der Waals surface area (Å²) < 4.78 is 12.3. The molecule has 0 saturated carbocycles. The normalized spacial score (nSPS) is 10.5. The molecule has 2 N–H and O–H groups in total. The van der Waals surface area contributed by atoms with E-state index >= 15 is 0 Å². The smallest absolute Gasteiger partial charge is 0.316 e. The summed E-state index contributed by atoms with van der Waals surface area (Å²) in [7, 11) is 0. The average molecular weight is 492 g/mol. The molecule has 0 radical (unpaired) electrons. The Labute approximate surface area is 204 Å². The Kier molecular flexibility index (Phi) is 7.92. The minimum Gasteiger partial charge on any atom is -0.461 e. The van der Waals surface area contributed by atoms with Crippen molar-refractivity contribution in [1.82, 2.24) is 25.6 Å². The van der Waals surface area contributed by atoms with Gasteiger partial charge in [0.1, 0.15) is 0 Å². The van der Waals surface area contributed by atoms with Crippen molar-refractivity contribution in [3.05, 3.63) is 90.2 Å². The van der Waals surface area contributed by atoms with E-state index in [0.717, 1.165) is 17.3 Å². The van der Waals surface area contributed by atoms with Crippen LogP contribution in [0.5, 0.6) is 0 Å². The van der Waals surface area contributed by atoms with Crippen molar-refractivity contribution in [2.45, 2.75) is 11.7 Å². The quantitative estimate of drug-likeness (QED) is 0.208. The maximum atomic E-state index is 12.2. The van der Waals surface area contributed by atoms with Gasteiger partial charge in [-0.3, -0.25) is 29.8 Å². The molecule has 0 atom stereocenters. The first-order valence-corrected chi connectivity index (χ1v) is 11.5. The van der Waals surface area contributed by atoms with Crippen LogP contribution in [0.25, 0.3) is 11.6 Å². The van der Waals surface area contributed by atoms with Gasteiger partial charge in [0.2, 0.25) is 5.82 Å². The largest absolute Gasteiger partial charge is 0.461 e. The van der Waals surface area contributed by atoms with Crippen LogP contribution in [0.2, 0.25) is 0 Å². The molecule has 2 aromatic carbocycles. The highest BCUT2D eigenvalue weighted by atomic mass is 32.2. The summed E-state index contributed by atoms with van der Waals surface area (Å²) in [5.74, 6) is -0.769. The third kappa shape index (κ3) is 6.58. The van der Waals surface area contributed by atoms with E-state index in [4.69, 9.17) is 9.15 Å². The van der Waals surface area contributed by atoms with Gasteiger partial charge in [-0.05, 0) is 29.8 Å². The Morgan fingerprint density at radius 3 is 2.37 bits per heavy atom. The lowest BCUT2D eigenvalue weighted by molar-refractivity contribution is -0.146. The highest BCUT2D eigenvalue weighted by Gasteiger charge is 2.18. The molecule has 0 spiro atoms. The summed E-state index contributed by atoms with van der Waals surface area (Å²) in [6.45, 7) is -0.0619. The summed E-state index contributed by atoms with van der Waals surface area (Å²) in [6.07, 6.45) is 1.55. The van der Waals surface area contributed by atoms with Crippen LogP contribution in [0, 0.1) is 0 Å². The van der Waals surface area contributed by atoms with Gasteiger partial charge in [-0.2, -0.15) is 0 Å². The zero-order chi connectivity index (χ0) is 24.5. The second kappa shape index (κ2) is 11.7. The van der Waals surface area contributed by atoms with Crippen LogP contribution in [0.3, 0.4) is 0 Å². The van der Waals surface area contributed by atoms with E-state index in [0.29, 0.717) is 28.8 Å². The number of carbonyl (C=O) groups excluding carboxylic acids is 3. The van der Waals surface area contributed by atoms with Crippen molar-refractivity contribution < 1.29 is 23.5 Å². The van der Waals surface area contributed by atoms with E-state index in [1.54, 1.807) is 48.7 Å². The molecule has 2 heterocycles. The maximum Gasteiger partial charge on any atom is 0.316 e. The Morgan fingerprint density at radius 2 is 1.66 bits per heavy atom. The van der Waals surface area contributed by atoms with Crippen LogP contribution < -0.4 is 10.9 Å². The number of esters is 1. The van der Waals surface area contributed by atoms with Gasteiger partial charge in [0.05, 0.1) is 18.6 Å².